The topological polar surface area (TPSA) is 96.7 Å². The van der Waals surface area contributed by atoms with E-state index in [-0.39, 0.29) is 18.0 Å². The predicted molar refractivity (Wildman–Crippen MR) is 122 cm³/mol. The second-order valence-corrected chi connectivity index (χ2v) is 8.36. The molecule has 0 aliphatic carbocycles. The van der Waals surface area contributed by atoms with Gasteiger partial charge in [-0.05, 0) is 38.5 Å². The van der Waals surface area contributed by atoms with Crippen LogP contribution in [0.2, 0.25) is 0 Å². The second-order valence-electron chi connectivity index (χ2n) is 8.36. The molecule has 2 aromatic rings. The van der Waals surface area contributed by atoms with Gasteiger partial charge in [-0.2, -0.15) is 0 Å². The van der Waals surface area contributed by atoms with Gasteiger partial charge in [0.2, 0.25) is 5.91 Å². The molecule has 0 radical (unpaired) electrons. The van der Waals surface area contributed by atoms with Crippen molar-refractivity contribution >= 4 is 11.9 Å². The van der Waals surface area contributed by atoms with E-state index < -0.39 is 0 Å². The quantitative estimate of drug-likeness (QED) is 0.466. The highest BCUT2D eigenvalue weighted by Crippen LogP contribution is 2.12. The Labute approximate surface area is 184 Å². The maximum Gasteiger partial charge on any atom is 0.240 e. The van der Waals surface area contributed by atoms with Crippen molar-refractivity contribution in [1.82, 2.24) is 30.3 Å². The second kappa shape index (κ2) is 11.3. The number of hydrogen-bond donors (Lipinski definition) is 2. The van der Waals surface area contributed by atoms with Crippen molar-refractivity contribution in [2.45, 2.75) is 52.7 Å². The zero-order valence-corrected chi connectivity index (χ0v) is 19.5. The number of guanidine groups is 1. The summed E-state index contributed by atoms with van der Waals surface area (Å²) in [4.78, 5) is 19.0. The number of aryl methyl sites for hydroxylation is 1. The molecule has 0 bridgehead atoms. The molecule has 2 N–H and O–H groups in total. The molecule has 0 aliphatic heterocycles. The molecular formula is C22H35N7O2. The molecule has 0 spiro atoms. The fourth-order valence-corrected chi connectivity index (χ4v) is 2.98. The minimum Gasteiger partial charge on any atom is -0.497 e. The molecule has 1 aromatic heterocycles. The highest BCUT2D eigenvalue weighted by molar-refractivity contribution is 5.86. The van der Waals surface area contributed by atoms with E-state index in [1.54, 1.807) is 13.4 Å². The number of methoxy groups -OCH3 is 1. The normalized spacial score (nSPS) is 11.9. The van der Waals surface area contributed by atoms with Crippen molar-refractivity contribution in [3.63, 3.8) is 0 Å². The Morgan fingerprint density at radius 1 is 1.26 bits per heavy atom. The van der Waals surface area contributed by atoms with E-state index >= 15 is 0 Å². The zero-order chi connectivity index (χ0) is 22.9. The van der Waals surface area contributed by atoms with Crippen LogP contribution in [-0.2, 0) is 24.3 Å². The first-order valence-electron chi connectivity index (χ1n) is 10.5. The van der Waals surface area contributed by atoms with Crippen LogP contribution < -0.4 is 15.4 Å². The first kappa shape index (κ1) is 24.2. The lowest BCUT2D eigenvalue weighted by molar-refractivity contribution is -0.122. The molecule has 2 rings (SSSR count). The monoisotopic (exact) mass is 429 g/mol. The number of likely N-dealkylation sites (N-methyl/N-ethyl adjacent to an activating group) is 1. The van der Waals surface area contributed by atoms with Crippen molar-refractivity contribution < 1.29 is 9.53 Å². The van der Waals surface area contributed by atoms with Crippen molar-refractivity contribution in [1.29, 1.82) is 0 Å². The average Bonchev–Trinajstić information content (AvgIpc) is 3.16. The van der Waals surface area contributed by atoms with Crippen LogP contribution in [0.15, 0.2) is 35.6 Å². The summed E-state index contributed by atoms with van der Waals surface area (Å²) >= 11 is 0. The summed E-state index contributed by atoms with van der Waals surface area (Å²) in [6.07, 6.45) is 2.56. The number of aliphatic imine (C=N–C) groups is 1. The average molecular weight is 430 g/mol. The van der Waals surface area contributed by atoms with Crippen molar-refractivity contribution in [2.75, 3.05) is 27.2 Å². The molecular weight excluding hydrogens is 394 g/mol. The van der Waals surface area contributed by atoms with Crippen LogP contribution in [0, 0.1) is 0 Å². The van der Waals surface area contributed by atoms with E-state index in [1.165, 1.54) is 0 Å². The third kappa shape index (κ3) is 8.27. The molecule has 0 saturated heterocycles. The van der Waals surface area contributed by atoms with Crippen molar-refractivity contribution in [3.8, 4) is 5.75 Å². The first-order chi connectivity index (χ1) is 14.7. The Morgan fingerprint density at radius 2 is 1.97 bits per heavy atom. The Hall–Kier alpha value is -3.10. The van der Waals surface area contributed by atoms with E-state index in [1.807, 2.05) is 61.6 Å². The number of amides is 1. The van der Waals surface area contributed by atoms with Gasteiger partial charge in [-0.3, -0.25) is 4.79 Å². The Balaban J connectivity index is 2.06. The van der Waals surface area contributed by atoms with Gasteiger partial charge in [0.25, 0.3) is 0 Å². The third-order valence-electron chi connectivity index (χ3n) is 4.47. The summed E-state index contributed by atoms with van der Waals surface area (Å²) in [5.41, 5.74) is 0.774. The molecule has 1 aromatic carbocycles. The van der Waals surface area contributed by atoms with E-state index in [9.17, 15) is 4.79 Å². The first-order valence-corrected chi connectivity index (χ1v) is 10.5. The fraction of sp³-hybridized carbons (Fsp3) is 0.545. The standard InChI is InChI=1S/C22H35N7O2/c1-7-19-27-25-16-29(19)13-12-23-21(28(5)15-20(30)26-22(2,3)4)24-14-17-8-10-18(31-6)11-9-17/h8-11,16H,7,12-15H2,1-6H3,(H,23,24)(H,26,30). The summed E-state index contributed by atoms with van der Waals surface area (Å²) in [6, 6.07) is 7.79. The number of hydrogen-bond acceptors (Lipinski definition) is 5. The van der Waals surface area contributed by atoms with Gasteiger partial charge in [0.15, 0.2) is 5.96 Å². The molecule has 9 nitrogen and oxygen atoms in total. The van der Waals surface area contributed by atoms with Crippen LogP contribution in [-0.4, -0.2) is 64.3 Å². The highest BCUT2D eigenvalue weighted by Gasteiger charge is 2.17. The largest absolute Gasteiger partial charge is 0.497 e. The van der Waals surface area contributed by atoms with Gasteiger partial charge in [0.1, 0.15) is 17.9 Å². The molecule has 0 unspecified atom stereocenters. The van der Waals surface area contributed by atoms with Gasteiger partial charge in [0.05, 0.1) is 20.2 Å². The SMILES string of the molecule is CCc1nncn1CCNC(=NCc1ccc(OC)cc1)N(C)CC(=O)NC(C)(C)C. The number of nitrogens with zero attached hydrogens (tertiary/aromatic N) is 5. The summed E-state index contributed by atoms with van der Waals surface area (Å²) in [5.74, 6) is 2.35. The molecule has 0 atom stereocenters. The molecule has 1 amide bonds. The number of rotatable bonds is 9. The minimum atomic E-state index is -0.281. The smallest absolute Gasteiger partial charge is 0.240 e. The number of nitrogens with one attached hydrogen (secondary N) is 2. The van der Waals surface area contributed by atoms with Gasteiger partial charge < -0.3 is 24.8 Å². The minimum absolute atomic E-state index is 0.0546. The maximum atomic E-state index is 12.4. The van der Waals surface area contributed by atoms with Gasteiger partial charge in [0, 0.05) is 32.1 Å². The van der Waals surface area contributed by atoms with E-state index in [0.717, 1.165) is 23.6 Å². The number of carbonyl (C=O) groups excluding carboxylic acids is 1. The summed E-state index contributed by atoms with van der Waals surface area (Å²) in [5, 5.41) is 14.4. The number of aromatic nitrogens is 3. The van der Waals surface area contributed by atoms with Crippen LogP contribution in [0.5, 0.6) is 5.75 Å². The van der Waals surface area contributed by atoms with E-state index in [4.69, 9.17) is 9.73 Å². The highest BCUT2D eigenvalue weighted by atomic mass is 16.5. The van der Waals surface area contributed by atoms with E-state index in [0.29, 0.717) is 25.6 Å². The molecule has 0 saturated carbocycles. The van der Waals surface area contributed by atoms with Gasteiger partial charge >= 0.3 is 0 Å². The van der Waals surface area contributed by atoms with Crippen molar-refractivity contribution in [3.05, 3.63) is 42.0 Å². The Bertz CT molecular complexity index is 853. The molecule has 170 valence electrons. The van der Waals surface area contributed by atoms with Crippen LogP contribution in [0.4, 0.5) is 0 Å². The zero-order valence-electron chi connectivity index (χ0n) is 19.5. The van der Waals surface area contributed by atoms with Crippen LogP contribution >= 0.6 is 0 Å². The maximum absolute atomic E-state index is 12.4. The Morgan fingerprint density at radius 3 is 2.58 bits per heavy atom. The van der Waals surface area contributed by atoms with Crippen LogP contribution in [0.25, 0.3) is 0 Å². The number of carbonyl (C=O) groups is 1. The lowest BCUT2D eigenvalue weighted by atomic mass is 10.1. The van der Waals surface area contributed by atoms with Gasteiger partial charge in [-0.15, -0.1) is 10.2 Å². The molecule has 0 fully saturated rings. The number of ether oxygens (including phenoxy) is 1. The predicted octanol–water partition coefficient (Wildman–Crippen LogP) is 1.84. The summed E-state index contributed by atoms with van der Waals surface area (Å²) in [7, 11) is 3.50. The third-order valence-corrected chi connectivity index (χ3v) is 4.47. The lowest BCUT2D eigenvalue weighted by Gasteiger charge is -2.25. The van der Waals surface area contributed by atoms with Gasteiger partial charge in [-0.1, -0.05) is 19.1 Å². The molecule has 1 heterocycles. The molecule has 31 heavy (non-hydrogen) atoms. The summed E-state index contributed by atoms with van der Waals surface area (Å²) in [6.45, 7) is 9.99. The molecule has 9 heteroatoms. The fourth-order valence-electron chi connectivity index (χ4n) is 2.98. The van der Waals surface area contributed by atoms with Crippen LogP contribution in [0.1, 0.15) is 39.1 Å². The molecule has 0 aliphatic rings. The Kier molecular flexibility index (Phi) is 8.84. The lowest BCUT2D eigenvalue weighted by Crippen LogP contribution is -2.49. The van der Waals surface area contributed by atoms with E-state index in [2.05, 4.69) is 27.8 Å². The van der Waals surface area contributed by atoms with Crippen LogP contribution in [0.3, 0.4) is 0 Å². The van der Waals surface area contributed by atoms with Gasteiger partial charge in [-0.25, -0.2) is 4.99 Å². The van der Waals surface area contributed by atoms with Crippen molar-refractivity contribution in [2.24, 2.45) is 4.99 Å². The number of benzene rings is 1. The summed E-state index contributed by atoms with van der Waals surface area (Å²) < 4.78 is 7.22.